The van der Waals surface area contributed by atoms with E-state index in [4.69, 9.17) is 0 Å². The summed E-state index contributed by atoms with van der Waals surface area (Å²) in [5.74, 6) is 1.75. The second kappa shape index (κ2) is 6.59. The average molecular weight is 326 g/mol. The summed E-state index contributed by atoms with van der Waals surface area (Å²) in [7, 11) is 0. The standard InChI is InChI=1S/C17H22N6O/c24-16(22-9-2-1-3-10-22)14-11-20-15-6-5-13(12-23(14)15)21-17-18-7-4-8-19-17/h4,7-8,11,13H,1-3,5-6,9-10,12H2,(H,18,19,21)/t13-/m1/s1. The highest BCUT2D eigenvalue weighted by atomic mass is 16.2. The van der Waals surface area contributed by atoms with Crippen LogP contribution in [-0.2, 0) is 13.0 Å². The number of rotatable bonds is 3. The van der Waals surface area contributed by atoms with Crippen molar-refractivity contribution in [2.24, 2.45) is 0 Å². The van der Waals surface area contributed by atoms with E-state index in [2.05, 4.69) is 24.8 Å². The zero-order chi connectivity index (χ0) is 16.4. The number of nitrogens with one attached hydrogen (secondary N) is 1. The Kier molecular flexibility index (Phi) is 4.15. The number of carbonyl (C=O) groups excluding carboxylic acids is 1. The highest BCUT2D eigenvalue weighted by Gasteiger charge is 2.27. The molecule has 2 aromatic heterocycles. The van der Waals surface area contributed by atoms with Gasteiger partial charge in [-0.3, -0.25) is 4.79 Å². The van der Waals surface area contributed by atoms with Crippen molar-refractivity contribution in [3.63, 3.8) is 0 Å². The molecule has 4 heterocycles. The molecular formula is C17H22N6O. The molecule has 0 bridgehead atoms. The first kappa shape index (κ1) is 15.1. The second-order valence-corrected chi connectivity index (χ2v) is 6.48. The van der Waals surface area contributed by atoms with E-state index in [1.54, 1.807) is 24.7 Å². The van der Waals surface area contributed by atoms with Crippen LogP contribution in [0.1, 0.15) is 42.0 Å². The molecule has 2 aliphatic rings. The summed E-state index contributed by atoms with van der Waals surface area (Å²) in [6.45, 7) is 2.44. The van der Waals surface area contributed by atoms with Crippen molar-refractivity contribution in [1.82, 2.24) is 24.4 Å². The molecule has 7 nitrogen and oxygen atoms in total. The van der Waals surface area contributed by atoms with Gasteiger partial charge in [0.25, 0.3) is 5.91 Å². The van der Waals surface area contributed by atoms with Gasteiger partial charge in [0.05, 0.1) is 6.20 Å². The van der Waals surface area contributed by atoms with E-state index in [0.717, 1.165) is 51.1 Å². The van der Waals surface area contributed by atoms with Crippen molar-refractivity contribution >= 4 is 11.9 Å². The molecule has 0 radical (unpaired) electrons. The van der Waals surface area contributed by atoms with E-state index in [-0.39, 0.29) is 11.9 Å². The quantitative estimate of drug-likeness (QED) is 0.929. The number of piperidine rings is 1. The van der Waals surface area contributed by atoms with Gasteiger partial charge >= 0.3 is 0 Å². The maximum atomic E-state index is 12.8. The summed E-state index contributed by atoms with van der Waals surface area (Å²) in [6, 6.07) is 2.01. The van der Waals surface area contributed by atoms with Crippen LogP contribution in [0.3, 0.4) is 0 Å². The van der Waals surface area contributed by atoms with Crippen molar-refractivity contribution in [3.05, 3.63) is 36.2 Å². The van der Waals surface area contributed by atoms with Gasteiger partial charge in [-0.1, -0.05) is 0 Å². The number of nitrogens with zero attached hydrogens (tertiary/aromatic N) is 5. The molecular weight excluding hydrogens is 304 g/mol. The minimum atomic E-state index is 0.116. The van der Waals surface area contributed by atoms with E-state index in [1.807, 2.05) is 4.90 Å². The molecule has 126 valence electrons. The Hall–Kier alpha value is -2.44. The van der Waals surface area contributed by atoms with E-state index in [0.29, 0.717) is 11.6 Å². The van der Waals surface area contributed by atoms with Gasteiger partial charge in [0, 0.05) is 44.5 Å². The lowest BCUT2D eigenvalue weighted by molar-refractivity contribution is 0.0712. The van der Waals surface area contributed by atoms with Crippen molar-refractivity contribution in [3.8, 4) is 0 Å². The van der Waals surface area contributed by atoms with E-state index in [9.17, 15) is 4.79 Å². The molecule has 2 aromatic rings. The number of hydrogen-bond acceptors (Lipinski definition) is 5. The summed E-state index contributed by atoms with van der Waals surface area (Å²) >= 11 is 0. The highest BCUT2D eigenvalue weighted by molar-refractivity contribution is 5.92. The first-order chi connectivity index (χ1) is 11.8. The number of aryl methyl sites for hydroxylation is 1. The first-order valence-electron chi connectivity index (χ1n) is 8.68. The van der Waals surface area contributed by atoms with Gasteiger partial charge in [-0.2, -0.15) is 0 Å². The lowest BCUT2D eigenvalue weighted by atomic mass is 10.1. The number of fused-ring (bicyclic) bond motifs is 1. The van der Waals surface area contributed by atoms with Crippen LogP contribution in [0.15, 0.2) is 24.7 Å². The SMILES string of the molecule is O=C(c1cnc2n1C[C@H](Nc1ncccn1)CC2)N1CCCCC1. The fraction of sp³-hybridized carbons (Fsp3) is 0.529. The van der Waals surface area contributed by atoms with Gasteiger partial charge in [0.2, 0.25) is 5.95 Å². The fourth-order valence-corrected chi connectivity index (χ4v) is 3.54. The summed E-state index contributed by atoms with van der Waals surface area (Å²) in [5, 5.41) is 3.36. The van der Waals surface area contributed by atoms with Crippen molar-refractivity contribution in [2.75, 3.05) is 18.4 Å². The third kappa shape index (κ3) is 2.98. The van der Waals surface area contributed by atoms with Crippen LogP contribution in [0, 0.1) is 0 Å². The molecule has 24 heavy (non-hydrogen) atoms. The predicted octanol–water partition coefficient (Wildman–Crippen LogP) is 1.73. The van der Waals surface area contributed by atoms with Crippen LogP contribution in [0.25, 0.3) is 0 Å². The highest BCUT2D eigenvalue weighted by Crippen LogP contribution is 2.21. The number of likely N-dealkylation sites (tertiary alicyclic amines) is 1. The minimum Gasteiger partial charge on any atom is -0.350 e. The number of hydrogen-bond donors (Lipinski definition) is 1. The summed E-state index contributed by atoms with van der Waals surface area (Å²) in [4.78, 5) is 27.7. The molecule has 0 spiro atoms. The van der Waals surface area contributed by atoms with Gasteiger partial charge in [-0.15, -0.1) is 0 Å². The second-order valence-electron chi connectivity index (χ2n) is 6.48. The zero-order valence-electron chi connectivity index (χ0n) is 13.7. The molecule has 1 atom stereocenters. The fourth-order valence-electron chi connectivity index (χ4n) is 3.54. The molecule has 1 fully saturated rings. The van der Waals surface area contributed by atoms with Crippen LogP contribution in [0.2, 0.25) is 0 Å². The maximum Gasteiger partial charge on any atom is 0.272 e. The average Bonchev–Trinajstić information content (AvgIpc) is 3.06. The van der Waals surface area contributed by atoms with Gasteiger partial charge in [-0.05, 0) is 31.7 Å². The van der Waals surface area contributed by atoms with E-state index >= 15 is 0 Å². The molecule has 2 aliphatic heterocycles. The van der Waals surface area contributed by atoms with Gasteiger partial charge in [0.1, 0.15) is 11.5 Å². The Morgan fingerprint density at radius 1 is 1.12 bits per heavy atom. The monoisotopic (exact) mass is 326 g/mol. The Balaban J connectivity index is 1.50. The lowest BCUT2D eigenvalue weighted by Crippen LogP contribution is -2.39. The van der Waals surface area contributed by atoms with E-state index < -0.39 is 0 Å². The molecule has 0 unspecified atom stereocenters. The number of amides is 1. The van der Waals surface area contributed by atoms with Crippen LogP contribution in [0.5, 0.6) is 0 Å². The van der Waals surface area contributed by atoms with Crippen LogP contribution >= 0.6 is 0 Å². The van der Waals surface area contributed by atoms with Gasteiger partial charge in [0.15, 0.2) is 0 Å². The van der Waals surface area contributed by atoms with Crippen LogP contribution < -0.4 is 5.32 Å². The number of anilines is 1. The van der Waals surface area contributed by atoms with Crippen molar-refractivity contribution in [2.45, 2.75) is 44.7 Å². The van der Waals surface area contributed by atoms with Crippen LogP contribution in [0.4, 0.5) is 5.95 Å². The van der Waals surface area contributed by atoms with E-state index in [1.165, 1.54) is 6.42 Å². The number of imidazole rings is 1. The number of carbonyl (C=O) groups is 1. The third-order valence-electron chi connectivity index (χ3n) is 4.82. The van der Waals surface area contributed by atoms with Gasteiger partial charge < -0.3 is 14.8 Å². The topological polar surface area (TPSA) is 75.9 Å². The molecule has 4 rings (SSSR count). The molecule has 0 aliphatic carbocycles. The van der Waals surface area contributed by atoms with Crippen LogP contribution in [-0.4, -0.2) is 49.5 Å². The maximum absolute atomic E-state index is 12.8. The zero-order valence-corrected chi connectivity index (χ0v) is 13.7. The van der Waals surface area contributed by atoms with Gasteiger partial charge in [-0.25, -0.2) is 15.0 Å². The van der Waals surface area contributed by atoms with Crippen molar-refractivity contribution < 1.29 is 4.79 Å². The predicted molar refractivity (Wildman–Crippen MR) is 89.7 cm³/mol. The Morgan fingerprint density at radius 2 is 1.92 bits per heavy atom. The number of aromatic nitrogens is 4. The minimum absolute atomic E-state index is 0.116. The third-order valence-corrected chi connectivity index (χ3v) is 4.82. The molecule has 1 N–H and O–H groups in total. The molecule has 7 heteroatoms. The molecule has 0 aromatic carbocycles. The largest absolute Gasteiger partial charge is 0.350 e. The molecule has 0 saturated carbocycles. The smallest absolute Gasteiger partial charge is 0.272 e. The Bertz CT molecular complexity index is 707. The Labute approximate surface area is 141 Å². The summed E-state index contributed by atoms with van der Waals surface area (Å²) < 4.78 is 2.07. The normalized spacial score (nSPS) is 20.5. The lowest BCUT2D eigenvalue weighted by Gasteiger charge is -2.29. The molecule has 1 saturated heterocycles. The first-order valence-corrected chi connectivity index (χ1v) is 8.68. The molecule has 1 amide bonds. The summed E-state index contributed by atoms with van der Waals surface area (Å²) in [5.41, 5.74) is 0.715. The van der Waals surface area contributed by atoms with Crippen molar-refractivity contribution in [1.29, 1.82) is 0 Å². The summed E-state index contributed by atoms with van der Waals surface area (Å²) in [6.07, 6.45) is 10.4. The Morgan fingerprint density at radius 3 is 2.71 bits per heavy atom.